The Morgan fingerprint density at radius 1 is 1.23 bits per heavy atom. The maximum atomic E-state index is 11.5. The summed E-state index contributed by atoms with van der Waals surface area (Å²) in [7, 11) is 1.94. The van der Waals surface area contributed by atoms with E-state index in [9.17, 15) is 4.79 Å². The average Bonchev–Trinajstić information content (AvgIpc) is 3.16. The third-order valence-electron chi connectivity index (χ3n) is 3.91. The number of rotatable bonds is 6. The number of H-pyrrole nitrogens is 1. The molecule has 0 unspecified atom stereocenters. The summed E-state index contributed by atoms with van der Waals surface area (Å²) in [5.41, 5.74) is 5.08. The Morgan fingerprint density at radius 3 is 2.73 bits per heavy atom. The van der Waals surface area contributed by atoms with Crippen LogP contribution < -0.4 is 16.0 Å². The molecule has 8 heteroatoms. The molecule has 0 saturated carbocycles. The predicted octanol–water partition coefficient (Wildman–Crippen LogP) is 4.36. The van der Waals surface area contributed by atoms with E-state index in [1.807, 2.05) is 70.5 Å². The Balaban J connectivity index is 0.000000230. The Bertz CT molecular complexity index is 965. The van der Waals surface area contributed by atoms with E-state index in [-0.39, 0.29) is 0 Å². The third-order valence-corrected chi connectivity index (χ3v) is 4.02. The van der Waals surface area contributed by atoms with Gasteiger partial charge in [0.2, 0.25) is 0 Å². The van der Waals surface area contributed by atoms with E-state index in [0.717, 1.165) is 23.4 Å². The fourth-order valence-electron chi connectivity index (χ4n) is 2.69. The molecular weight excluding hydrogens is 398 g/mol. The molecule has 4 N–H and O–H groups in total. The number of hydrogen-bond donors (Lipinski definition) is 4. The maximum absolute atomic E-state index is 11.5. The van der Waals surface area contributed by atoms with Crippen LogP contribution in [0.2, 0.25) is 0 Å². The molecule has 0 radical (unpaired) electrons. The number of carbonyl (C=O) groups is 1. The maximum Gasteiger partial charge on any atom is 0.407 e. The summed E-state index contributed by atoms with van der Waals surface area (Å²) in [5, 5.41) is 9.94. The molecule has 0 aliphatic heterocycles. The summed E-state index contributed by atoms with van der Waals surface area (Å²) < 4.78 is 5.15. The van der Waals surface area contributed by atoms with Crippen molar-refractivity contribution in [3.63, 3.8) is 0 Å². The van der Waals surface area contributed by atoms with E-state index >= 15 is 0 Å². The van der Waals surface area contributed by atoms with Crippen molar-refractivity contribution in [2.75, 3.05) is 12.4 Å². The summed E-state index contributed by atoms with van der Waals surface area (Å²) in [4.78, 5) is 18.8. The summed E-state index contributed by atoms with van der Waals surface area (Å²) in [6.45, 7) is 6.79. The Kier molecular flexibility index (Phi) is 8.76. The summed E-state index contributed by atoms with van der Waals surface area (Å²) in [6, 6.07) is 11.7. The number of ether oxygens (including phenoxy) is 1. The quantitative estimate of drug-likeness (QED) is 0.437. The number of benzene rings is 1. The molecule has 1 amide bonds. The predicted molar refractivity (Wildman–Crippen MR) is 126 cm³/mol. The second kappa shape index (κ2) is 11.3. The van der Waals surface area contributed by atoms with Crippen LogP contribution in [0.3, 0.4) is 0 Å². The fourth-order valence-corrected chi connectivity index (χ4v) is 2.83. The molecular formula is C22H29N5O2S. The minimum Gasteiger partial charge on any atom is -0.444 e. The van der Waals surface area contributed by atoms with Crippen LogP contribution in [-0.4, -0.2) is 34.2 Å². The van der Waals surface area contributed by atoms with Crippen molar-refractivity contribution >= 4 is 40.5 Å². The number of thiocarbonyl (C=S) groups is 1. The van der Waals surface area contributed by atoms with Gasteiger partial charge >= 0.3 is 6.09 Å². The molecule has 7 nitrogen and oxygen atoms in total. The Hall–Kier alpha value is -2.97. The Labute approximate surface area is 182 Å². The standard InChI is InChI=1S/C13H18N2O2S.C9H11N3/c1-13(2,3)17-12(16)14-8-10-5-4-6-11(7-10)15-9-18;1-10-6-7-2-4-11-9-8(7)3-5-12-9/h4-7,9H,8H2,1-3H3,(H,14,16)(H,15,18);2-5,10H,6H2,1H3,(H,11,12). The summed E-state index contributed by atoms with van der Waals surface area (Å²) in [5.74, 6) is 0. The zero-order chi connectivity index (χ0) is 22.0. The third kappa shape index (κ3) is 7.81. The van der Waals surface area contributed by atoms with E-state index < -0.39 is 11.7 Å². The second-order valence-electron chi connectivity index (χ2n) is 7.56. The van der Waals surface area contributed by atoms with Gasteiger partial charge in [0, 0.05) is 36.6 Å². The number of aromatic amines is 1. The first-order valence-electron chi connectivity index (χ1n) is 9.64. The van der Waals surface area contributed by atoms with Gasteiger partial charge in [0.15, 0.2) is 0 Å². The lowest BCUT2D eigenvalue weighted by molar-refractivity contribution is 0.0523. The average molecular weight is 428 g/mol. The molecule has 2 heterocycles. The van der Waals surface area contributed by atoms with Crippen molar-refractivity contribution in [3.05, 3.63) is 59.9 Å². The van der Waals surface area contributed by atoms with Gasteiger partial charge in [-0.3, -0.25) is 0 Å². The fraction of sp³-hybridized carbons (Fsp3) is 0.318. The van der Waals surface area contributed by atoms with Gasteiger partial charge in [0.1, 0.15) is 11.2 Å². The molecule has 2 aromatic heterocycles. The first-order valence-corrected chi connectivity index (χ1v) is 10.1. The minimum atomic E-state index is -0.481. The van der Waals surface area contributed by atoms with Crippen molar-refractivity contribution < 1.29 is 9.53 Å². The lowest BCUT2D eigenvalue weighted by atomic mass is 10.2. The van der Waals surface area contributed by atoms with Crippen molar-refractivity contribution in [1.82, 2.24) is 20.6 Å². The SMILES string of the molecule is CC(C)(C)OC(=O)NCc1cccc(NC=S)c1.CNCc1ccnc2[nH]ccc12. The lowest BCUT2D eigenvalue weighted by Gasteiger charge is -2.19. The second-order valence-corrected chi connectivity index (χ2v) is 7.79. The topological polar surface area (TPSA) is 91.1 Å². The zero-order valence-corrected chi connectivity index (χ0v) is 18.6. The van der Waals surface area contributed by atoms with E-state index in [4.69, 9.17) is 17.0 Å². The number of nitrogens with zero attached hydrogens (tertiary/aromatic N) is 1. The smallest absolute Gasteiger partial charge is 0.407 e. The number of alkyl carbamates (subject to hydrolysis) is 1. The monoisotopic (exact) mass is 427 g/mol. The van der Waals surface area contributed by atoms with Gasteiger partial charge < -0.3 is 25.7 Å². The minimum absolute atomic E-state index is 0.419. The molecule has 0 atom stereocenters. The van der Waals surface area contributed by atoms with E-state index in [1.54, 1.807) is 0 Å². The largest absolute Gasteiger partial charge is 0.444 e. The normalized spacial score (nSPS) is 10.7. The van der Waals surface area contributed by atoms with Gasteiger partial charge in [-0.05, 0) is 63.2 Å². The highest BCUT2D eigenvalue weighted by Crippen LogP contribution is 2.14. The van der Waals surface area contributed by atoms with Crippen LogP contribution in [0.15, 0.2) is 48.8 Å². The first kappa shape index (κ1) is 23.3. The van der Waals surface area contributed by atoms with Gasteiger partial charge in [-0.25, -0.2) is 9.78 Å². The summed E-state index contributed by atoms with van der Waals surface area (Å²) in [6.07, 6.45) is 3.32. The highest BCUT2D eigenvalue weighted by atomic mass is 32.1. The van der Waals surface area contributed by atoms with Crippen LogP contribution in [-0.2, 0) is 17.8 Å². The highest BCUT2D eigenvalue weighted by Gasteiger charge is 2.15. The molecule has 1 aromatic carbocycles. The van der Waals surface area contributed by atoms with E-state index in [1.165, 1.54) is 16.4 Å². The van der Waals surface area contributed by atoms with Gasteiger partial charge in [0.05, 0.1) is 5.49 Å². The van der Waals surface area contributed by atoms with E-state index in [2.05, 4.69) is 32.0 Å². The number of fused-ring (bicyclic) bond motifs is 1. The summed E-state index contributed by atoms with van der Waals surface area (Å²) >= 11 is 4.72. The van der Waals surface area contributed by atoms with Gasteiger partial charge in [0.25, 0.3) is 0 Å². The molecule has 0 saturated heterocycles. The molecule has 3 rings (SSSR count). The molecule has 0 spiro atoms. The number of nitrogens with one attached hydrogen (secondary N) is 4. The van der Waals surface area contributed by atoms with Gasteiger partial charge in [-0.2, -0.15) is 0 Å². The van der Waals surface area contributed by atoms with Crippen molar-refractivity contribution in [2.24, 2.45) is 0 Å². The van der Waals surface area contributed by atoms with Crippen LogP contribution in [0.25, 0.3) is 11.0 Å². The number of aromatic nitrogens is 2. The molecule has 0 bridgehead atoms. The van der Waals surface area contributed by atoms with Crippen LogP contribution in [0.4, 0.5) is 10.5 Å². The molecule has 30 heavy (non-hydrogen) atoms. The highest BCUT2D eigenvalue weighted by molar-refractivity contribution is 7.79. The Morgan fingerprint density at radius 2 is 2.03 bits per heavy atom. The molecule has 0 aliphatic carbocycles. The first-order chi connectivity index (χ1) is 14.3. The number of anilines is 1. The number of pyridine rings is 1. The number of hydrogen-bond acceptors (Lipinski definition) is 5. The van der Waals surface area contributed by atoms with Gasteiger partial charge in [-0.15, -0.1) is 0 Å². The van der Waals surface area contributed by atoms with Crippen LogP contribution >= 0.6 is 12.2 Å². The number of amides is 1. The molecule has 160 valence electrons. The molecule has 3 aromatic rings. The lowest BCUT2D eigenvalue weighted by Crippen LogP contribution is -2.32. The molecule has 0 fully saturated rings. The van der Waals surface area contributed by atoms with Gasteiger partial charge in [-0.1, -0.05) is 24.4 Å². The van der Waals surface area contributed by atoms with Crippen LogP contribution in [0.1, 0.15) is 31.9 Å². The molecule has 0 aliphatic rings. The van der Waals surface area contributed by atoms with E-state index in [0.29, 0.717) is 6.54 Å². The van der Waals surface area contributed by atoms with Crippen molar-refractivity contribution in [3.8, 4) is 0 Å². The van der Waals surface area contributed by atoms with Crippen LogP contribution in [0.5, 0.6) is 0 Å². The number of carbonyl (C=O) groups excluding carboxylic acids is 1. The van der Waals surface area contributed by atoms with Crippen molar-refractivity contribution in [2.45, 2.75) is 39.5 Å². The zero-order valence-electron chi connectivity index (χ0n) is 17.8. The van der Waals surface area contributed by atoms with Crippen molar-refractivity contribution in [1.29, 1.82) is 0 Å². The van der Waals surface area contributed by atoms with Crippen LogP contribution in [0, 0.1) is 0 Å².